The Morgan fingerprint density at radius 3 is 2.65 bits per heavy atom. The minimum atomic E-state index is -1.32. The van der Waals surface area contributed by atoms with Gasteiger partial charge in [0, 0.05) is 5.69 Å². The molecule has 0 radical (unpaired) electrons. The summed E-state index contributed by atoms with van der Waals surface area (Å²) >= 11 is 0. The molecule has 1 aromatic carbocycles. The van der Waals surface area contributed by atoms with Crippen LogP contribution in [0.25, 0.3) is 0 Å². The van der Waals surface area contributed by atoms with Gasteiger partial charge in [0.25, 0.3) is 0 Å². The second-order valence-electron chi connectivity index (χ2n) is 4.72. The van der Waals surface area contributed by atoms with E-state index in [0.717, 1.165) is 5.56 Å². The summed E-state index contributed by atoms with van der Waals surface area (Å²) in [6.45, 7) is 1.64. The van der Waals surface area contributed by atoms with E-state index in [-0.39, 0.29) is 17.5 Å². The number of benzene rings is 1. The Morgan fingerprint density at radius 2 is 2.00 bits per heavy atom. The molecular weight excluding hydrogens is 268 g/mol. The zero-order valence-electron chi connectivity index (χ0n) is 10.8. The lowest BCUT2D eigenvalue weighted by Crippen LogP contribution is -2.55. The Labute approximate surface area is 115 Å². The van der Waals surface area contributed by atoms with Crippen molar-refractivity contribution in [3.63, 3.8) is 0 Å². The van der Waals surface area contributed by atoms with Crippen LogP contribution in [0.3, 0.4) is 0 Å². The van der Waals surface area contributed by atoms with Crippen LogP contribution in [0.4, 0.5) is 11.4 Å². The molecule has 0 bridgehead atoms. The van der Waals surface area contributed by atoms with Crippen molar-refractivity contribution < 1.29 is 25.3 Å². The summed E-state index contributed by atoms with van der Waals surface area (Å²) in [6.07, 6.45) is -4.72. The number of aliphatic hydroxyl groups is 3. The third-order valence-corrected chi connectivity index (χ3v) is 3.24. The fraction of sp³-hybridized carbons (Fsp3) is 0.500. The van der Waals surface area contributed by atoms with Crippen molar-refractivity contribution in [1.29, 1.82) is 0 Å². The van der Waals surface area contributed by atoms with Crippen LogP contribution in [-0.2, 0) is 4.74 Å². The SMILES string of the molecule is Cc1ccc(N([O-])O)cc1N[C@@H]1OC[C@@H](O)[C@@H](O)[C@@H]1O. The molecule has 0 aliphatic carbocycles. The predicted molar refractivity (Wildman–Crippen MR) is 70.2 cm³/mol. The Balaban J connectivity index is 2.15. The predicted octanol–water partition coefficient (Wildman–Crippen LogP) is -0.461. The summed E-state index contributed by atoms with van der Waals surface area (Å²) in [6, 6.07) is 4.43. The van der Waals surface area contributed by atoms with Crippen LogP contribution < -0.4 is 10.5 Å². The lowest BCUT2D eigenvalue weighted by Gasteiger charge is -2.36. The number of ether oxygens (including phenoxy) is 1. The second kappa shape index (κ2) is 5.92. The van der Waals surface area contributed by atoms with Crippen molar-refractivity contribution in [2.75, 3.05) is 17.2 Å². The summed E-state index contributed by atoms with van der Waals surface area (Å²) < 4.78 is 5.21. The molecule has 8 nitrogen and oxygen atoms in total. The molecule has 1 aliphatic rings. The first-order chi connectivity index (χ1) is 9.40. The van der Waals surface area contributed by atoms with Crippen LogP contribution in [0.15, 0.2) is 18.2 Å². The van der Waals surface area contributed by atoms with E-state index in [2.05, 4.69) is 5.32 Å². The molecular formula is C12H17N2O6-. The molecule has 0 amide bonds. The maximum atomic E-state index is 10.9. The van der Waals surface area contributed by atoms with Crippen LogP contribution in [0, 0.1) is 12.1 Å². The van der Waals surface area contributed by atoms with Crippen molar-refractivity contribution in [2.24, 2.45) is 0 Å². The summed E-state index contributed by atoms with van der Waals surface area (Å²) in [5.74, 6) is 0. The van der Waals surface area contributed by atoms with Crippen molar-refractivity contribution in [2.45, 2.75) is 31.5 Å². The average molecular weight is 285 g/mol. The topological polar surface area (TPSA) is 128 Å². The first-order valence-corrected chi connectivity index (χ1v) is 6.09. The van der Waals surface area contributed by atoms with Crippen LogP contribution in [-0.4, -0.2) is 51.7 Å². The number of aryl methyl sites for hydroxylation is 1. The van der Waals surface area contributed by atoms with E-state index in [1.165, 1.54) is 12.1 Å². The van der Waals surface area contributed by atoms with Gasteiger partial charge in [0.05, 0.1) is 12.3 Å². The van der Waals surface area contributed by atoms with E-state index >= 15 is 0 Å². The number of nitrogens with zero attached hydrogens (tertiary/aromatic N) is 1. The zero-order valence-corrected chi connectivity index (χ0v) is 10.8. The van der Waals surface area contributed by atoms with E-state index in [1.54, 1.807) is 13.0 Å². The maximum absolute atomic E-state index is 10.9. The van der Waals surface area contributed by atoms with Gasteiger partial charge in [0.1, 0.15) is 18.3 Å². The first kappa shape index (κ1) is 15.0. The highest BCUT2D eigenvalue weighted by Crippen LogP contribution is 2.25. The lowest BCUT2D eigenvalue weighted by atomic mass is 10.0. The molecule has 1 fully saturated rings. The number of hydrogen-bond donors (Lipinski definition) is 5. The van der Waals surface area contributed by atoms with Crippen molar-refractivity contribution in [1.82, 2.24) is 0 Å². The molecule has 1 aromatic rings. The van der Waals surface area contributed by atoms with Gasteiger partial charge in [-0.3, -0.25) is 5.21 Å². The molecule has 1 heterocycles. The number of nitrogens with one attached hydrogen (secondary N) is 1. The van der Waals surface area contributed by atoms with E-state index < -0.39 is 24.5 Å². The molecule has 0 unspecified atom stereocenters. The number of rotatable bonds is 3. The van der Waals surface area contributed by atoms with Crippen molar-refractivity contribution >= 4 is 11.4 Å². The van der Waals surface area contributed by atoms with Crippen LogP contribution in [0.1, 0.15) is 5.56 Å². The van der Waals surface area contributed by atoms with Gasteiger partial charge in [0.2, 0.25) is 0 Å². The minimum absolute atomic E-state index is 0.0176. The van der Waals surface area contributed by atoms with Gasteiger partial charge >= 0.3 is 0 Å². The van der Waals surface area contributed by atoms with Gasteiger partial charge in [-0.2, -0.15) is 0 Å². The fourth-order valence-electron chi connectivity index (χ4n) is 1.97. The molecule has 0 aromatic heterocycles. The Bertz CT molecular complexity index is 469. The molecule has 112 valence electrons. The molecule has 1 aliphatic heterocycles. The highest BCUT2D eigenvalue weighted by Gasteiger charge is 2.37. The molecule has 1 saturated heterocycles. The average Bonchev–Trinajstić information content (AvgIpc) is 2.41. The van der Waals surface area contributed by atoms with Gasteiger partial charge in [-0.15, -0.1) is 0 Å². The summed E-state index contributed by atoms with van der Waals surface area (Å²) in [4.78, 5) is 0. The minimum Gasteiger partial charge on any atom is -0.733 e. The molecule has 5 N–H and O–H groups in total. The van der Waals surface area contributed by atoms with E-state index in [1.807, 2.05) is 0 Å². The van der Waals surface area contributed by atoms with Crippen molar-refractivity contribution in [3.8, 4) is 0 Å². The van der Waals surface area contributed by atoms with Crippen LogP contribution in [0.5, 0.6) is 0 Å². The van der Waals surface area contributed by atoms with E-state index in [4.69, 9.17) is 9.94 Å². The molecule has 20 heavy (non-hydrogen) atoms. The van der Waals surface area contributed by atoms with Crippen LogP contribution in [0.2, 0.25) is 0 Å². The quantitative estimate of drug-likeness (QED) is 0.472. The van der Waals surface area contributed by atoms with E-state index in [0.29, 0.717) is 5.69 Å². The van der Waals surface area contributed by atoms with Gasteiger partial charge in [-0.05, 0) is 24.6 Å². The fourth-order valence-corrected chi connectivity index (χ4v) is 1.97. The smallest absolute Gasteiger partial charge is 0.156 e. The van der Waals surface area contributed by atoms with Crippen LogP contribution >= 0.6 is 0 Å². The number of aliphatic hydroxyl groups excluding tert-OH is 3. The second-order valence-corrected chi connectivity index (χ2v) is 4.72. The molecule has 2 rings (SSSR count). The highest BCUT2D eigenvalue weighted by molar-refractivity contribution is 5.61. The van der Waals surface area contributed by atoms with E-state index in [9.17, 15) is 20.5 Å². The van der Waals surface area contributed by atoms with Gasteiger partial charge < -0.3 is 35.8 Å². The van der Waals surface area contributed by atoms with Gasteiger partial charge in [-0.25, -0.2) is 0 Å². The maximum Gasteiger partial charge on any atom is 0.156 e. The number of anilines is 2. The molecule has 8 heteroatoms. The summed E-state index contributed by atoms with van der Waals surface area (Å²) in [5.41, 5.74) is 1.24. The third-order valence-electron chi connectivity index (χ3n) is 3.24. The summed E-state index contributed by atoms with van der Waals surface area (Å²) in [7, 11) is 0. The monoisotopic (exact) mass is 285 g/mol. The molecule has 0 spiro atoms. The molecule has 0 saturated carbocycles. The highest BCUT2D eigenvalue weighted by atomic mass is 16.8. The number of hydrogen-bond acceptors (Lipinski definition) is 8. The lowest BCUT2D eigenvalue weighted by molar-refractivity contribution is -0.178. The zero-order chi connectivity index (χ0) is 14.9. The third kappa shape index (κ3) is 3.01. The van der Waals surface area contributed by atoms with Crippen molar-refractivity contribution in [3.05, 3.63) is 29.0 Å². The molecule has 4 atom stereocenters. The largest absolute Gasteiger partial charge is 0.733 e. The Hall–Kier alpha value is -1.42. The Morgan fingerprint density at radius 1 is 1.30 bits per heavy atom. The Kier molecular flexibility index (Phi) is 4.43. The van der Waals surface area contributed by atoms with Gasteiger partial charge in [-0.1, -0.05) is 6.07 Å². The first-order valence-electron chi connectivity index (χ1n) is 6.09. The van der Waals surface area contributed by atoms with Gasteiger partial charge in [0.15, 0.2) is 6.23 Å². The normalized spacial score (nSPS) is 30.1. The standard InChI is InChI=1S/C12H17N2O6/c1-6-2-3-7(14(18)19)4-8(6)13-12-11(17)10(16)9(15)5-20-12/h2-4,9-13,15-18H,5H2,1H3/q-1/t9-,10-,11+,12-/m1/s1. The summed E-state index contributed by atoms with van der Waals surface area (Å²) in [5, 5.41) is 51.0.